The van der Waals surface area contributed by atoms with Crippen LogP contribution in [0.2, 0.25) is 0 Å². The van der Waals surface area contributed by atoms with E-state index in [9.17, 15) is 0 Å². The van der Waals surface area contributed by atoms with Gasteiger partial charge in [0.1, 0.15) is 0 Å². The predicted octanol–water partition coefficient (Wildman–Crippen LogP) is 2.74. The molecule has 7 heavy (non-hydrogen) atoms. The number of hydrogen-bond acceptors (Lipinski definition) is 0. The van der Waals surface area contributed by atoms with Crippen LogP contribution in [0.5, 0.6) is 0 Å². The van der Waals surface area contributed by atoms with Gasteiger partial charge in [-0.3, -0.25) is 0 Å². The number of halogens is 2. The number of alkyl halides is 2. The summed E-state index contributed by atoms with van der Waals surface area (Å²) in [6, 6.07) is 0. The zero-order valence-corrected chi connectivity index (χ0v) is 7.78. The lowest BCUT2D eigenvalue weighted by Crippen LogP contribution is -1.88. The normalized spacial score (nSPS) is 42.0. The van der Waals surface area contributed by atoms with Crippen molar-refractivity contribution in [2.75, 3.05) is 0 Å². The summed E-state index contributed by atoms with van der Waals surface area (Å²) in [5.41, 5.74) is 0. The van der Waals surface area contributed by atoms with Gasteiger partial charge in [0.25, 0.3) is 0 Å². The molecule has 0 saturated heterocycles. The fourth-order valence-electron chi connectivity index (χ4n) is 0.875. The maximum absolute atomic E-state index is 3.57. The van der Waals surface area contributed by atoms with Crippen LogP contribution >= 0.6 is 38.5 Å². The first-order chi connectivity index (χ1) is 3.29. The summed E-state index contributed by atoms with van der Waals surface area (Å²) in [4.78, 5) is 0.828. The van der Waals surface area contributed by atoms with Crippen molar-refractivity contribution < 1.29 is 0 Å². The molecule has 0 amide bonds. The molecule has 0 heterocycles. The van der Waals surface area contributed by atoms with E-state index in [0.29, 0.717) is 0 Å². The predicted molar refractivity (Wildman–Crippen MR) is 44.4 cm³/mol. The van der Waals surface area contributed by atoms with Crippen molar-refractivity contribution in [2.45, 2.75) is 28.0 Å². The molecule has 0 N–H and O–H groups in total. The van der Waals surface area contributed by atoms with Crippen LogP contribution in [0.25, 0.3) is 0 Å². The van der Waals surface area contributed by atoms with E-state index in [0.717, 1.165) is 8.75 Å². The summed E-state index contributed by atoms with van der Waals surface area (Å²) in [5, 5.41) is 0. The Labute approximate surface area is 66.3 Å². The van der Waals surface area contributed by atoms with Gasteiger partial charge in [0.2, 0.25) is 0 Å². The summed E-state index contributed by atoms with van der Waals surface area (Å²) in [6.07, 6.45) is 4.17. The van der Waals surface area contributed by atoms with E-state index >= 15 is 0 Å². The van der Waals surface area contributed by atoms with Crippen LogP contribution < -0.4 is 0 Å². The van der Waals surface area contributed by atoms with Crippen molar-refractivity contribution in [2.24, 2.45) is 0 Å². The Morgan fingerprint density at radius 1 is 1.43 bits per heavy atom. The molecule has 0 nitrogen and oxygen atoms in total. The molecule has 0 aromatic carbocycles. The van der Waals surface area contributed by atoms with E-state index < -0.39 is 0 Å². The Bertz CT molecular complexity index is 57.1. The second-order valence-corrected chi connectivity index (χ2v) is 5.06. The highest BCUT2D eigenvalue weighted by Gasteiger charge is 2.18. The largest absolute Gasteiger partial charge is 0.0890 e. The Kier molecular flexibility index (Phi) is 2.41. The maximum atomic E-state index is 3.57. The van der Waals surface area contributed by atoms with Crippen LogP contribution in [0.3, 0.4) is 0 Å². The molecule has 0 radical (unpaired) electrons. The highest BCUT2D eigenvalue weighted by Crippen LogP contribution is 2.30. The average Bonchev–Trinajstić information content (AvgIpc) is 1.87. The van der Waals surface area contributed by atoms with Gasteiger partial charge in [-0.15, -0.1) is 0 Å². The van der Waals surface area contributed by atoms with Gasteiger partial charge in [-0.2, -0.15) is 0 Å². The molecule has 1 saturated carbocycles. The van der Waals surface area contributed by atoms with Gasteiger partial charge in [0, 0.05) is 8.75 Å². The molecule has 2 unspecified atom stereocenters. The second kappa shape index (κ2) is 2.67. The first kappa shape index (κ1) is 6.33. The molecule has 0 bridgehead atoms. The van der Waals surface area contributed by atoms with Gasteiger partial charge >= 0.3 is 0 Å². The lowest BCUT2D eigenvalue weighted by atomic mass is 10.4. The smallest absolute Gasteiger partial charge is 0.0156 e. The van der Waals surface area contributed by atoms with Gasteiger partial charge in [-0.05, 0) is 19.3 Å². The van der Waals surface area contributed by atoms with Crippen LogP contribution in [0.1, 0.15) is 19.3 Å². The standard InChI is InChI=1S/C5H8BrI/c6-4-1-2-5(7)3-4/h4-5H,1-3H2. The fraction of sp³-hybridized carbons (Fsp3) is 1.00. The van der Waals surface area contributed by atoms with Crippen LogP contribution in [0, 0.1) is 0 Å². The first-order valence-electron chi connectivity index (χ1n) is 2.57. The molecule has 1 rings (SSSR count). The zero-order chi connectivity index (χ0) is 5.28. The SMILES string of the molecule is BrC1CCC(I)C1. The summed E-state index contributed by atoms with van der Waals surface area (Å²) in [7, 11) is 0. The summed E-state index contributed by atoms with van der Waals surface area (Å²) in [6.45, 7) is 0. The highest BCUT2D eigenvalue weighted by atomic mass is 127. The molecular formula is C5H8BrI. The van der Waals surface area contributed by atoms with Gasteiger partial charge in [-0.1, -0.05) is 38.5 Å². The van der Waals surface area contributed by atoms with Crippen LogP contribution in [-0.2, 0) is 0 Å². The lowest BCUT2D eigenvalue weighted by molar-refractivity contribution is 0.917. The molecule has 0 spiro atoms. The summed E-state index contributed by atoms with van der Waals surface area (Å²) in [5.74, 6) is 0. The Hall–Kier alpha value is 1.21. The van der Waals surface area contributed by atoms with Crippen molar-refractivity contribution in [3.05, 3.63) is 0 Å². The van der Waals surface area contributed by atoms with Crippen LogP contribution in [-0.4, -0.2) is 8.75 Å². The van der Waals surface area contributed by atoms with Gasteiger partial charge in [-0.25, -0.2) is 0 Å². The van der Waals surface area contributed by atoms with Crippen molar-refractivity contribution in [1.29, 1.82) is 0 Å². The summed E-state index contributed by atoms with van der Waals surface area (Å²) >= 11 is 6.09. The molecule has 1 aliphatic carbocycles. The third-order valence-electron chi connectivity index (χ3n) is 1.30. The number of rotatable bonds is 0. The van der Waals surface area contributed by atoms with E-state index in [1.165, 1.54) is 19.3 Å². The van der Waals surface area contributed by atoms with Crippen molar-refractivity contribution >= 4 is 38.5 Å². The van der Waals surface area contributed by atoms with E-state index in [1.54, 1.807) is 0 Å². The molecule has 0 aromatic rings. The minimum atomic E-state index is 0.828. The topological polar surface area (TPSA) is 0 Å². The molecule has 0 aliphatic heterocycles. The second-order valence-electron chi connectivity index (χ2n) is 2.01. The minimum Gasteiger partial charge on any atom is -0.0890 e. The Balaban J connectivity index is 2.26. The van der Waals surface area contributed by atoms with Gasteiger partial charge in [0.15, 0.2) is 0 Å². The third-order valence-corrected chi connectivity index (χ3v) is 3.27. The molecule has 2 atom stereocenters. The third kappa shape index (κ3) is 1.88. The average molecular weight is 275 g/mol. The first-order valence-corrected chi connectivity index (χ1v) is 4.73. The monoisotopic (exact) mass is 274 g/mol. The van der Waals surface area contributed by atoms with Crippen molar-refractivity contribution in [1.82, 2.24) is 0 Å². The minimum absolute atomic E-state index is 0.828. The van der Waals surface area contributed by atoms with Crippen LogP contribution in [0.15, 0.2) is 0 Å². The quantitative estimate of drug-likeness (QED) is 0.471. The van der Waals surface area contributed by atoms with E-state index in [4.69, 9.17) is 0 Å². The maximum Gasteiger partial charge on any atom is 0.0156 e. The van der Waals surface area contributed by atoms with Gasteiger partial charge < -0.3 is 0 Å². The molecule has 1 fully saturated rings. The van der Waals surface area contributed by atoms with E-state index in [2.05, 4.69) is 38.5 Å². The van der Waals surface area contributed by atoms with Crippen molar-refractivity contribution in [3.8, 4) is 0 Å². The molecule has 1 aliphatic rings. The lowest BCUT2D eigenvalue weighted by Gasteiger charge is -1.93. The van der Waals surface area contributed by atoms with E-state index in [-0.39, 0.29) is 0 Å². The molecule has 0 aromatic heterocycles. The fourth-order valence-corrected chi connectivity index (χ4v) is 3.26. The summed E-state index contributed by atoms with van der Waals surface area (Å²) < 4.78 is 0.946. The van der Waals surface area contributed by atoms with Crippen LogP contribution in [0.4, 0.5) is 0 Å². The molecular weight excluding hydrogens is 267 g/mol. The zero-order valence-electron chi connectivity index (χ0n) is 4.03. The van der Waals surface area contributed by atoms with Gasteiger partial charge in [0.05, 0.1) is 0 Å². The highest BCUT2D eigenvalue weighted by molar-refractivity contribution is 14.1. The Morgan fingerprint density at radius 2 is 2.14 bits per heavy atom. The number of hydrogen-bond donors (Lipinski definition) is 0. The Morgan fingerprint density at radius 3 is 2.29 bits per heavy atom. The van der Waals surface area contributed by atoms with Crippen molar-refractivity contribution in [3.63, 3.8) is 0 Å². The molecule has 42 valence electrons. The molecule has 2 heteroatoms. The van der Waals surface area contributed by atoms with E-state index in [1.807, 2.05) is 0 Å².